The Morgan fingerprint density at radius 1 is 0.854 bits per heavy atom. The first-order chi connectivity index (χ1) is 19.6. The summed E-state index contributed by atoms with van der Waals surface area (Å²) in [7, 11) is 3.08. The molecule has 1 fully saturated rings. The Labute approximate surface area is 240 Å². The van der Waals surface area contributed by atoms with Gasteiger partial charge in [-0.15, -0.1) is 0 Å². The second-order valence-electron chi connectivity index (χ2n) is 10.1. The van der Waals surface area contributed by atoms with E-state index < -0.39 is 41.4 Å². The number of Topliss-reactive ketones (excluding diaryl/α,β-unsaturated/α-hetero) is 1. The molecular weight excluding hydrogens is 530 g/mol. The topological polar surface area (TPSA) is 145 Å². The lowest BCUT2D eigenvalue weighted by atomic mass is 9.94. The summed E-state index contributed by atoms with van der Waals surface area (Å²) in [4.78, 5) is 52.2. The highest BCUT2D eigenvalue weighted by atomic mass is 16.6. The van der Waals surface area contributed by atoms with Gasteiger partial charge < -0.3 is 34.9 Å². The lowest BCUT2D eigenvalue weighted by molar-refractivity contribution is -0.134. The molecule has 1 aliphatic rings. The Balaban J connectivity index is 1.73. The molecule has 0 aromatic heterocycles. The van der Waals surface area contributed by atoms with Crippen molar-refractivity contribution in [3.63, 3.8) is 0 Å². The quantitative estimate of drug-likeness (QED) is 0.189. The minimum Gasteiger partial charge on any atom is -0.497 e. The molecule has 1 heterocycles. The van der Waals surface area contributed by atoms with Crippen LogP contribution in [0, 0.1) is 0 Å². The van der Waals surface area contributed by atoms with Gasteiger partial charge in [-0.1, -0.05) is 42.5 Å². The molecule has 0 spiro atoms. The van der Waals surface area contributed by atoms with Gasteiger partial charge in [0.2, 0.25) is 17.7 Å². The van der Waals surface area contributed by atoms with Crippen molar-refractivity contribution in [3.8, 4) is 5.75 Å². The SMILES string of the molecule is COCCOCC(=O)N[C@@H](C)C(=O)N[C@@H](Cc1ccc(OC)cc1)C(=O)N[C@@H](Cc1ccccc1)C(=O)[C@@]1(C)CO1. The first-order valence-electron chi connectivity index (χ1n) is 13.5. The predicted octanol–water partition coefficient (Wildman–Crippen LogP) is 0.976. The number of epoxide rings is 1. The zero-order chi connectivity index (χ0) is 29.8. The van der Waals surface area contributed by atoms with Gasteiger partial charge >= 0.3 is 0 Å². The molecule has 2 aromatic carbocycles. The van der Waals surface area contributed by atoms with Crippen LogP contribution in [0.4, 0.5) is 0 Å². The van der Waals surface area contributed by atoms with Crippen LogP contribution < -0.4 is 20.7 Å². The lowest BCUT2D eigenvalue weighted by Gasteiger charge is -2.25. The van der Waals surface area contributed by atoms with Crippen molar-refractivity contribution in [3.05, 3.63) is 65.7 Å². The number of rotatable bonds is 17. The van der Waals surface area contributed by atoms with Crippen LogP contribution in [-0.4, -0.2) is 87.9 Å². The molecule has 1 saturated heterocycles. The van der Waals surface area contributed by atoms with Crippen molar-refractivity contribution in [2.24, 2.45) is 0 Å². The smallest absolute Gasteiger partial charge is 0.246 e. The van der Waals surface area contributed by atoms with E-state index >= 15 is 0 Å². The third-order valence-corrected chi connectivity index (χ3v) is 6.68. The Hall–Kier alpha value is -3.80. The van der Waals surface area contributed by atoms with E-state index in [2.05, 4.69) is 16.0 Å². The van der Waals surface area contributed by atoms with E-state index in [1.165, 1.54) is 14.0 Å². The van der Waals surface area contributed by atoms with Crippen LogP contribution in [0.5, 0.6) is 5.75 Å². The molecule has 0 radical (unpaired) electrons. The maximum Gasteiger partial charge on any atom is 0.246 e. The Morgan fingerprint density at radius 2 is 1.46 bits per heavy atom. The number of hydrogen-bond donors (Lipinski definition) is 3. The van der Waals surface area contributed by atoms with E-state index in [1.54, 1.807) is 38.3 Å². The normalized spacial score (nSPS) is 18.0. The lowest BCUT2D eigenvalue weighted by Crippen LogP contribution is -2.57. The van der Waals surface area contributed by atoms with Crippen LogP contribution in [0.25, 0.3) is 0 Å². The molecule has 0 unspecified atom stereocenters. The predicted molar refractivity (Wildman–Crippen MR) is 150 cm³/mol. The number of amides is 3. The van der Waals surface area contributed by atoms with Gasteiger partial charge in [0, 0.05) is 13.5 Å². The fourth-order valence-electron chi connectivity index (χ4n) is 4.11. The molecule has 4 atom stereocenters. The molecule has 41 heavy (non-hydrogen) atoms. The molecule has 222 valence electrons. The number of ketones is 1. The number of carbonyl (C=O) groups excluding carboxylic acids is 4. The number of benzene rings is 2. The van der Waals surface area contributed by atoms with Crippen molar-refractivity contribution < 1.29 is 38.1 Å². The van der Waals surface area contributed by atoms with E-state index in [9.17, 15) is 19.2 Å². The van der Waals surface area contributed by atoms with Crippen molar-refractivity contribution in [1.82, 2.24) is 16.0 Å². The molecule has 0 aliphatic carbocycles. The fraction of sp³-hybridized carbons (Fsp3) is 0.467. The standard InChI is InChI=1S/C30H39N3O8/c1-20(31-26(34)18-40-15-14-38-3)28(36)33-25(17-22-10-12-23(39-4)13-11-22)29(37)32-24(27(35)30(2)19-41-30)16-21-8-6-5-7-9-21/h5-13,20,24-25H,14-19H2,1-4H3,(H,31,34)(H,32,37)(H,33,36)/t20-,24-,25-,30+/m0/s1. The van der Waals surface area contributed by atoms with E-state index in [0.717, 1.165) is 11.1 Å². The molecule has 3 rings (SSSR count). The summed E-state index contributed by atoms with van der Waals surface area (Å²) < 4.78 is 20.7. The molecule has 3 amide bonds. The van der Waals surface area contributed by atoms with Crippen LogP contribution in [0.2, 0.25) is 0 Å². The minimum atomic E-state index is -1.03. The summed E-state index contributed by atoms with van der Waals surface area (Å²) >= 11 is 0. The minimum absolute atomic E-state index is 0.141. The summed E-state index contributed by atoms with van der Waals surface area (Å²) in [5.74, 6) is -1.17. The Bertz CT molecular complexity index is 1170. The Kier molecular flexibility index (Phi) is 11.8. The zero-order valence-electron chi connectivity index (χ0n) is 23.9. The summed E-state index contributed by atoms with van der Waals surface area (Å²) in [6.07, 6.45) is 0.408. The van der Waals surface area contributed by atoms with E-state index in [-0.39, 0.29) is 38.4 Å². The van der Waals surface area contributed by atoms with E-state index in [0.29, 0.717) is 12.4 Å². The van der Waals surface area contributed by atoms with Crippen LogP contribution in [-0.2, 0) is 46.2 Å². The zero-order valence-corrected chi connectivity index (χ0v) is 23.9. The van der Waals surface area contributed by atoms with Crippen LogP contribution >= 0.6 is 0 Å². The fourth-order valence-corrected chi connectivity index (χ4v) is 4.11. The summed E-state index contributed by atoms with van der Waals surface area (Å²) in [6.45, 7) is 3.83. The molecule has 1 aliphatic heterocycles. The monoisotopic (exact) mass is 569 g/mol. The molecule has 0 saturated carbocycles. The molecular formula is C30H39N3O8. The van der Waals surface area contributed by atoms with Gasteiger partial charge in [-0.05, 0) is 43.5 Å². The van der Waals surface area contributed by atoms with Gasteiger partial charge in [0.1, 0.15) is 30.0 Å². The van der Waals surface area contributed by atoms with E-state index in [1.807, 2.05) is 30.3 Å². The first kappa shape index (κ1) is 31.7. The molecule has 11 nitrogen and oxygen atoms in total. The van der Waals surface area contributed by atoms with Gasteiger partial charge in [0.15, 0.2) is 5.78 Å². The molecule has 0 bridgehead atoms. The third-order valence-electron chi connectivity index (χ3n) is 6.68. The molecule has 2 aromatic rings. The molecule has 11 heteroatoms. The summed E-state index contributed by atoms with van der Waals surface area (Å²) in [5.41, 5.74) is 0.680. The first-order valence-corrected chi connectivity index (χ1v) is 13.5. The number of carbonyl (C=O) groups is 4. The number of nitrogens with one attached hydrogen (secondary N) is 3. The van der Waals surface area contributed by atoms with Gasteiger partial charge in [-0.2, -0.15) is 0 Å². The van der Waals surface area contributed by atoms with Crippen molar-refractivity contribution in [2.75, 3.05) is 40.6 Å². The van der Waals surface area contributed by atoms with Gasteiger partial charge in [-0.3, -0.25) is 19.2 Å². The summed E-state index contributed by atoms with van der Waals surface area (Å²) in [5, 5.41) is 8.15. The third kappa shape index (κ3) is 9.96. The molecule has 3 N–H and O–H groups in total. The van der Waals surface area contributed by atoms with E-state index in [4.69, 9.17) is 18.9 Å². The van der Waals surface area contributed by atoms with Gasteiger partial charge in [-0.25, -0.2) is 0 Å². The van der Waals surface area contributed by atoms with Gasteiger partial charge in [0.25, 0.3) is 0 Å². The maximum absolute atomic E-state index is 13.6. The number of ether oxygens (including phenoxy) is 4. The van der Waals surface area contributed by atoms with Crippen LogP contribution in [0.3, 0.4) is 0 Å². The van der Waals surface area contributed by atoms with Crippen molar-refractivity contribution in [2.45, 2.75) is 50.4 Å². The second kappa shape index (κ2) is 15.3. The summed E-state index contributed by atoms with van der Waals surface area (Å²) in [6, 6.07) is 13.6. The highest BCUT2D eigenvalue weighted by Gasteiger charge is 2.50. The highest BCUT2D eigenvalue weighted by Crippen LogP contribution is 2.29. The number of hydrogen-bond acceptors (Lipinski definition) is 8. The second-order valence-corrected chi connectivity index (χ2v) is 10.1. The van der Waals surface area contributed by atoms with Crippen molar-refractivity contribution in [1.29, 1.82) is 0 Å². The van der Waals surface area contributed by atoms with Gasteiger partial charge in [0.05, 0.1) is 33.0 Å². The number of methoxy groups -OCH3 is 2. The van der Waals surface area contributed by atoms with Crippen LogP contribution in [0.15, 0.2) is 54.6 Å². The Morgan fingerprint density at radius 3 is 2.07 bits per heavy atom. The van der Waals surface area contributed by atoms with Crippen molar-refractivity contribution >= 4 is 23.5 Å². The van der Waals surface area contributed by atoms with Crippen LogP contribution in [0.1, 0.15) is 25.0 Å². The largest absolute Gasteiger partial charge is 0.497 e. The average Bonchev–Trinajstić information content (AvgIpc) is 3.73. The maximum atomic E-state index is 13.6. The highest BCUT2D eigenvalue weighted by molar-refractivity contribution is 5.98. The average molecular weight is 570 g/mol.